The number of rotatable bonds is 3. The van der Waals surface area contributed by atoms with E-state index in [1.165, 1.54) is 18.4 Å². The van der Waals surface area contributed by atoms with Crippen LogP contribution in [-0.2, 0) is 14.8 Å². The molecule has 2 rings (SSSR count). The summed E-state index contributed by atoms with van der Waals surface area (Å²) in [6.07, 6.45) is 1.62. The van der Waals surface area contributed by atoms with E-state index in [0.717, 1.165) is 4.31 Å². The van der Waals surface area contributed by atoms with E-state index in [1.807, 2.05) is 0 Å². The van der Waals surface area contributed by atoms with E-state index in [0.29, 0.717) is 6.42 Å². The molecule has 1 aliphatic heterocycles. The Morgan fingerprint density at radius 3 is 2.81 bits per heavy atom. The zero-order chi connectivity index (χ0) is 11.8. The van der Waals surface area contributed by atoms with Crippen LogP contribution >= 0.6 is 0 Å². The Morgan fingerprint density at radius 1 is 1.56 bits per heavy atom. The molecular weight excluding hydrogens is 234 g/mol. The molecule has 0 radical (unpaired) electrons. The standard InChI is InChI=1S/C9H11NO5S/c11-9(12)7-3-4-10(6-7)16(13,14)8-2-1-5-15-8/h1-2,5,7H,3-4,6H2,(H,11,12)/t7-/m0/s1. The fourth-order valence-electron chi connectivity index (χ4n) is 1.69. The molecule has 1 fully saturated rings. The predicted octanol–water partition coefficient (Wildman–Crippen LogP) is 0.375. The van der Waals surface area contributed by atoms with Crippen molar-refractivity contribution in [3.05, 3.63) is 18.4 Å². The summed E-state index contributed by atoms with van der Waals surface area (Å²) in [5, 5.41) is 8.64. The van der Waals surface area contributed by atoms with Crippen molar-refractivity contribution >= 4 is 16.0 Å². The number of nitrogens with zero attached hydrogens (tertiary/aromatic N) is 1. The van der Waals surface area contributed by atoms with Crippen LogP contribution in [-0.4, -0.2) is 36.9 Å². The first-order valence-corrected chi connectivity index (χ1v) is 6.22. The first-order chi connectivity index (χ1) is 7.51. The second-order valence-electron chi connectivity index (χ2n) is 3.62. The van der Waals surface area contributed by atoms with Crippen molar-refractivity contribution in [1.29, 1.82) is 0 Å². The van der Waals surface area contributed by atoms with E-state index in [-0.39, 0.29) is 18.2 Å². The highest BCUT2D eigenvalue weighted by Gasteiger charge is 2.36. The second kappa shape index (κ2) is 3.91. The van der Waals surface area contributed by atoms with Gasteiger partial charge in [-0.3, -0.25) is 4.79 Å². The second-order valence-corrected chi connectivity index (χ2v) is 5.49. The van der Waals surface area contributed by atoms with Crippen molar-refractivity contribution in [2.75, 3.05) is 13.1 Å². The van der Waals surface area contributed by atoms with Gasteiger partial charge in [-0.1, -0.05) is 0 Å². The van der Waals surface area contributed by atoms with E-state index in [2.05, 4.69) is 0 Å². The summed E-state index contributed by atoms with van der Waals surface area (Å²) in [6, 6.07) is 2.83. The third-order valence-corrected chi connectivity index (χ3v) is 4.34. The van der Waals surface area contributed by atoms with Crippen LogP contribution < -0.4 is 0 Å². The molecule has 0 aliphatic carbocycles. The summed E-state index contributed by atoms with van der Waals surface area (Å²) in [6.45, 7) is 0.234. The van der Waals surface area contributed by atoms with Crippen LogP contribution in [0, 0.1) is 5.92 Å². The number of sulfonamides is 1. The van der Waals surface area contributed by atoms with Gasteiger partial charge in [0.15, 0.2) is 0 Å². The monoisotopic (exact) mass is 245 g/mol. The van der Waals surface area contributed by atoms with Gasteiger partial charge in [-0.05, 0) is 18.6 Å². The Hall–Kier alpha value is -1.34. The van der Waals surface area contributed by atoms with E-state index in [9.17, 15) is 13.2 Å². The zero-order valence-corrected chi connectivity index (χ0v) is 9.18. The Kier molecular flexibility index (Phi) is 2.73. The van der Waals surface area contributed by atoms with Gasteiger partial charge in [0.25, 0.3) is 10.0 Å². The lowest BCUT2D eigenvalue weighted by atomic mass is 10.1. The van der Waals surface area contributed by atoms with Gasteiger partial charge in [0, 0.05) is 13.1 Å². The van der Waals surface area contributed by atoms with Crippen molar-refractivity contribution in [2.45, 2.75) is 11.5 Å². The van der Waals surface area contributed by atoms with Crippen LogP contribution in [0.5, 0.6) is 0 Å². The molecule has 0 unspecified atom stereocenters. The van der Waals surface area contributed by atoms with Crippen molar-refractivity contribution in [3.8, 4) is 0 Å². The van der Waals surface area contributed by atoms with Gasteiger partial charge < -0.3 is 9.52 Å². The molecule has 0 amide bonds. The van der Waals surface area contributed by atoms with Crippen LogP contribution in [0.2, 0.25) is 0 Å². The normalized spacial score (nSPS) is 22.4. The number of hydrogen-bond acceptors (Lipinski definition) is 4. The molecule has 1 atom stereocenters. The summed E-state index contributed by atoms with van der Waals surface area (Å²) in [5.74, 6) is -1.58. The molecule has 1 N–H and O–H groups in total. The molecule has 6 nitrogen and oxygen atoms in total. The van der Waals surface area contributed by atoms with Crippen molar-refractivity contribution in [1.82, 2.24) is 4.31 Å². The molecule has 7 heteroatoms. The number of hydrogen-bond donors (Lipinski definition) is 1. The average Bonchev–Trinajstić information content (AvgIpc) is 2.90. The summed E-state index contributed by atoms with van der Waals surface area (Å²) >= 11 is 0. The Morgan fingerprint density at radius 2 is 2.31 bits per heavy atom. The summed E-state index contributed by atoms with van der Waals surface area (Å²) in [5.41, 5.74) is 0. The minimum atomic E-state index is -3.66. The van der Waals surface area contributed by atoms with Gasteiger partial charge in [-0.15, -0.1) is 0 Å². The maximum Gasteiger partial charge on any atom is 0.307 e. The Labute approximate surface area is 92.5 Å². The first-order valence-electron chi connectivity index (χ1n) is 4.78. The van der Waals surface area contributed by atoms with Gasteiger partial charge in [-0.25, -0.2) is 8.42 Å². The highest BCUT2D eigenvalue weighted by atomic mass is 32.2. The van der Waals surface area contributed by atoms with E-state index >= 15 is 0 Å². The minimum absolute atomic E-state index is 0.0123. The third kappa shape index (κ3) is 1.83. The van der Waals surface area contributed by atoms with Crippen molar-refractivity contribution < 1.29 is 22.7 Å². The zero-order valence-electron chi connectivity index (χ0n) is 8.37. The number of carboxylic acid groups (broad SMARTS) is 1. The molecular formula is C9H11NO5S. The summed E-state index contributed by atoms with van der Waals surface area (Å²) in [7, 11) is -3.66. The molecule has 0 spiro atoms. The van der Waals surface area contributed by atoms with Crippen LogP contribution in [0.3, 0.4) is 0 Å². The quantitative estimate of drug-likeness (QED) is 0.831. The maximum absolute atomic E-state index is 11.9. The lowest BCUT2D eigenvalue weighted by Crippen LogP contribution is -2.29. The number of carbonyl (C=O) groups is 1. The van der Waals surface area contributed by atoms with Crippen molar-refractivity contribution in [3.63, 3.8) is 0 Å². The first kappa shape index (κ1) is 11.2. The van der Waals surface area contributed by atoms with Gasteiger partial charge in [0.2, 0.25) is 5.09 Å². The molecule has 2 heterocycles. The summed E-state index contributed by atoms with van der Waals surface area (Å²) in [4.78, 5) is 10.7. The predicted molar refractivity (Wildman–Crippen MR) is 53.2 cm³/mol. The number of furan rings is 1. The molecule has 1 aromatic rings. The van der Waals surface area contributed by atoms with E-state index in [1.54, 1.807) is 0 Å². The van der Waals surface area contributed by atoms with Crippen LogP contribution in [0.4, 0.5) is 0 Å². The Bertz CT molecular complexity index is 478. The Balaban J connectivity index is 2.19. The molecule has 1 saturated heterocycles. The van der Waals surface area contributed by atoms with Gasteiger partial charge >= 0.3 is 5.97 Å². The van der Waals surface area contributed by atoms with Gasteiger partial charge in [0.05, 0.1) is 12.2 Å². The van der Waals surface area contributed by atoms with Gasteiger partial charge in [-0.2, -0.15) is 4.31 Å². The van der Waals surface area contributed by atoms with E-state index < -0.39 is 21.9 Å². The molecule has 1 aliphatic rings. The fourth-order valence-corrected chi connectivity index (χ4v) is 3.09. The maximum atomic E-state index is 11.9. The molecule has 88 valence electrons. The lowest BCUT2D eigenvalue weighted by molar-refractivity contribution is -0.141. The highest BCUT2D eigenvalue weighted by Crippen LogP contribution is 2.24. The molecule has 1 aromatic heterocycles. The van der Waals surface area contributed by atoms with Crippen LogP contribution in [0.25, 0.3) is 0 Å². The van der Waals surface area contributed by atoms with Crippen LogP contribution in [0.15, 0.2) is 27.9 Å². The highest BCUT2D eigenvalue weighted by molar-refractivity contribution is 7.89. The van der Waals surface area contributed by atoms with Gasteiger partial charge in [0.1, 0.15) is 0 Å². The topological polar surface area (TPSA) is 87.8 Å². The third-order valence-electron chi connectivity index (χ3n) is 2.59. The molecule has 0 bridgehead atoms. The molecule has 0 saturated carbocycles. The smallest absolute Gasteiger partial charge is 0.307 e. The minimum Gasteiger partial charge on any atom is -0.481 e. The largest absolute Gasteiger partial charge is 0.481 e. The fraction of sp³-hybridized carbons (Fsp3) is 0.444. The van der Waals surface area contributed by atoms with Crippen LogP contribution in [0.1, 0.15) is 6.42 Å². The molecule has 0 aromatic carbocycles. The molecule has 16 heavy (non-hydrogen) atoms. The lowest BCUT2D eigenvalue weighted by Gasteiger charge is -2.13. The van der Waals surface area contributed by atoms with Crippen molar-refractivity contribution in [2.24, 2.45) is 5.92 Å². The average molecular weight is 245 g/mol. The number of carboxylic acids is 1. The SMILES string of the molecule is O=C(O)[C@H]1CCN(S(=O)(=O)c2ccco2)C1. The number of aliphatic carboxylic acids is 1. The summed E-state index contributed by atoms with van der Waals surface area (Å²) < 4.78 is 29.8. The van der Waals surface area contributed by atoms with E-state index in [4.69, 9.17) is 9.52 Å².